The number of hydrogen-bond donors (Lipinski definition) is 1. The fourth-order valence-corrected chi connectivity index (χ4v) is 4.55. The van der Waals surface area contributed by atoms with Gasteiger partial charge in [0.05, 0.1) is 5.00 Å². The number of guanidine groups is 1. The Bertz CT molecular complexity index is 910. The predicted molar refractivity (Wildman–Crippen MR) is 126 cm³/mol. The summed E-state index contributed by atoms with van der Waals surface area (Å²) in [6.45, 7) is 8.65. The zero-order valence-electron chi connectivity index (χ0n) is 17.6. The van der Waals surface area contributed by atoms with Crippen LogP contribution in [0.2, 0.25) is 0 Å². The van der Waals surface area contributed by atoms with E-state index in [0.29, 0.717) is 0 Å². The van der Waals surface area contributed by atoms with Crippen molar-refractivity contribution in [1.29, 1.82) is 0 Å². The van der Waals surface area contributed by atoms with E-state index in [1.165, 1.54) is 10.6 Å². The highest BCUT2D eigenvalue weighted by molar-refractivity contribution is 7.14. The minimum absolute atomic E-state index is 0.735. The zero-order valence-corrected chi connectivity index (χ0v) is 18.4. The minimum Gasteiger partial charge on any atom is -0.360 e. The quantitative estimate of drug-likeness (QED) is 0.469. The number of nitrogens with zero attached hydrogens (tertiary/aromatic N) is 5. The topological polar surface area (TPSA) is 48.7 Å². The largest absolute Gasteiger partial charge is 0.360 e. The Balaban J connectivity index is 1.33. The summed E-state index contributed by atoms with van der Waals surface area (Å²) in [5.41, 5.74) is 1.29. The molecule has 1 N–H and O–H groups in total. The summed E-state index contributed by atoms with van der Waals surface area (Å²) < 4.78 is 2.22. The van der Waals surface area contributed by atoms with Gasteiger partial charge < -0.3 is 19.7 Å². The van der Waals surface area contributed by atoms with Crippen molar-refractivity contribution in [3.8, 4) is 0 Å². The molecule has 0 atom stereocenters. The molecule has 0 unspecified atom stereocenters. The third kappa shape index (κ3) is 5.21. The number of benzene rings is 1. The zero-order chi connectivity index (χ0) is 20.6. The Hall–Kier alpha value is -2.80. The van der Waals surface area contributed by atoms with Crippen molar-refractivity contribution in [2.45, 2.75) is 19.9 Å². The molecule has 1 fully saturated rings. The van der Waals surface area contributed by atoms with E-state index in [-0.39, 0.29) is 0 Å². The van der Waals surface area contributed by atoms with E-state index in [9.17, 15) is 0 Å². The molecule has 158 valence electrons. The molecule has 0 amide bonds. The van der Waals surface area contributed by atoms with Crippen molar-refractivity contribution < 1.29 is 0 Å². The number of imidazole rings is 1. The summed E-state index contributed by atoms with van der Waals surface area (Å²) in [7, 11) is 0. The van der Waals surface area contributed by atoms with Crippen LogP contribution in [0.4, 0.5) is 5.00 Å². The average molecular weight is 423 g/mol. The first kappa shape index (κ1) is 20.5. The van der Waals surface area contributed by atoms with Crippen molar-refractivity contribution >= 4 is 22.3 Å². The number of thiophene rings is 1. The number of anilines is 1. The number of nitrogens with one attached hydrogen (secondary N) is 1. The van der Waals surface area contributed by atoms with Crippen molar-refractivity contribution in [3.63, 3.8) is 0 Å². The molecule has 0 aliphatic carbocycles. The first-order valence-corrected chi connectivity index (χ1v) is 11.6. The van der Waals surface area contributed by atoms with Crippen LogP contribution in [0.25, 0.3) is 0 Å². The lowest BCUT2D eigenvalue weighted by Crippen LogP contribution is -2.52. The van der Waals surface area contributed by atoms with Gasteiger partial charge in [0.1, 0.15) is 5.82 Å². The molecule has 2 aromatic heterocycles. The Morgan fingerprint density at radius 3 is 2.67 bits per heavy atom. The molecular formula is C23H30N6S. The summed E-state index contributed by atoms with van der Waals surface area (Å²) in [4.78, 5) is 14.3. The Labute approximate surface area is 182 Å². The first-order chi connectivity index (χ1) is 14.8. The lowest BCUT2D eigenvalue weighted by Gasteiger charge is -2.37. The van der Waals surface area contributed by atoms with Crippen LogP contribution < -0.4 is 10.2 Å². The average Bonchev–Trinajstić information content (AvgIpc) is 3.47. The van der Waals surface area contributed by atoms with E-state index in [1.807, 2.05) is 17.5 Å². The van der Waals surface area contributed by atoms with Crippen molar-refractivity contribution in [2.75, 3.05) is 44.2 Å². The molecule has 3 heterocycles. The number of rotatable bonds is 7. The lowest BCUT2D eigenvalue weighted by molar-refractivity contribution is 0.373. The van der Waals surface area contributed by atoms with E-state index in [2.05, 4.69) is 85.6 Å². The van der Waals surface area contributed by atoms with Gasteiger partial charge in [-0.1, -0.05) is 30.3 Å². The number of hydrogen-bond acceptors (Lipinski definition) is 4. The summed E-state index contributed by atoms with van der Waals surface area (Å²) in [5.74, 6) is 2.10. The maximum atomic E-state index is 4.91. The molecule has 0 saturated carbocycles. The van der Waals surface area contributed by atoms with Gasteiger partial charge in [-0.2, -0.15) is 0 Å². The van der Waals surface area contributed by atoms with Crippen LogP contribution in [0.5, 0.6) is 0 Å². The lowest BCUT2D eigenvalue weighted by atomic mass is 10.2. The molecule has 3 aromatic rings. The van der Waals surface area contributed by atoms with Gasteiger partial charge in [0, 0.05) is 64.6 Å². The summed E-state index contributed by atoms with van der Waals surface area (Å²) in [6, 6.07) is 14.8. The van der Waals surface area contributed by atoms with Crippen molar-refractivity contribution in [1.82, 2.24) is 19.8 Å². The Morgan fingerprint density at radius 2 is 1.93 bits per heavy atom. The normalized spacial score (nSPS) is 14.9. The highest BCUT2D eigenvalue weighted by atomic mass is 32.1. The SMILES string of the molecule is CCNC(=NCCc1nccn1Cc1ccccc1)N1CCN(c2cccs2)CC1. The summed E-state index contributed by atoms with van der Waals surface area (Å²) >= 11 is 1.82. The maximum absolute atomic E-state index is 4.91. The summed E-state index contributed by atoms with van der Waals surface area (Å²) in [5, 5.41) is 6.98. The predicted octanol–water partition coefficient (Wildman–Crippen LogP) is 3.32. The van der Waals surface area contributed by atoms with Crippen LogP contribution in [-0.2, 0) is 13.0 Å². The standard InChI is InChI=1S/C23H30N6S/c1-2-24-23(28-16-14-27(15-17-28)22-9-6-18-30-22)26-11-10-21-25-12-13-29(21)19-20-7-4-3-5-8-20/h3-9,12-13,18H,2,10-11,14-17,19H2,1H3,(H,24,26). The third-order valence-corrected chi connectivity index (χ3v) is 6.26. The van der Waals surface area contributed by atoms with Gasteiger partial charge in [-0.15, -0.1) is 11.3 Å². The van der Waals surface area contributed by atoms with E-state index < -0.39 is 0 Å². The van der Waals surface area contributed by atoms with Crippen LogP contribution >= 0.6 is 11.3 Å². The number of piperazine rings is 1. The molecule has 7 heteroatoms. The second-order valence-corrected chi connectivity index (χ2v) is 8.29. The molecule has 0 radical (unpaired) electrons. The maximum Gasteiger partial charge on any atom is 0.194 e. The highest BCUT2D eigenvalue weighted by Crippen LogP contribution is 2.22. The monoisotopic (exact) mass is 422 g/mol. The van der Waals surface area contributed by atoms with Gasteiger partial charge in [0.15, 0.2) is 5.96 Å². The molecule has 1 aromatic carbocycles. The van der Waals surface area contributed by atoms with E-state index in [0.717, 1.165) is 64.0 Å². The smallest absolute Gasteiger partial charge is 0.194 e. The molecule has 1 aliphatic heterocycles. The van der Waals surface area contributed by atoms with E-state index in [1.54, 1.807) is 0 Å². The van der Waals surface area contributed by atoms with Crippen LogP contribution in [0.15, 0.2) is 65.2 Å². The fourth-order valence-electron chi connectivity index (χ4n) is 3.77. The molecule has 0 spiro atoms. The van der Waals surface area contributed by atoms with Gasteiger partial charge in [0.2, 0.25) is 0 Å². The van der Waals surface area contributed by atoms with Gasteiger partial charge in [-0.25, -0.2) is 4.98 Å². The molecule has 30 heavy (non-hydrogen) atoms. The molecule has 4 rings (SSSR count). The third-order valence-electron chi connectivity index (χ3n) is 5.33. The summed E-state index contributed by atoms with van der Waals surface area (Å²) in [6.07, 6.45) is 4.78. The van der Waals surface area contributed by atoms with E-state index >= 15 is 0 Å². The van der Waals surface area contributed by atoms with Crippen LogP contribution in [0.1, 0.15) is 18.3 Å². The minimum atomic E-state index is 0.735. The highest BCUT2D eigenvalue weighted by Gasteiger charge is 2.20. The number of aromatic nitrogens is 2. The van der Waals surface area contributed by atoms with Gasteiger partial charge >= 0.3 is 0 Å². The fraction of sp³-hybridized carbons (Fsp3) is 0.391. The van der Waals surface area contributed by atoms with Crippen molar-refractivity contribution in [2.24, 2.45) is 4.99 Å². The van der Waals surface area contributed by atoms with Gasteiger partial charge in [-0.05, 0) is 30.0 Å². The molecule has 1 aliphatic rings. The van der Waals surface area contributed by atoms with Gasteiger partial charge in [-0.3, -0.25) is 4.99 Å². The molecule has 6 nitrogen and oxygen atoms in total. The first-order valence-electron chi connectivity index (χ1n) is 10.7. The van der Waals surface area contributed by atoms with Crippen LogP contribution in [0, 0.1) is 0 Å². The second kappa shape index (κ2) is 10.3. The van der Waals surface area contributed by atoms with Gasteiger partial charge in [0.25, 0.3) is 0 Å². The Morgan fingerprint density at radius 1 is 1.10 bits per heavy atom. The van der Waals surface area contributed by atoms with Crippen LogP contribution in [0.3, 0.4) is 0 Å². The van der Waals surface area contributed by atoms with E-state index in [4.69, 9.17) is 4.99 Å². The Kier molecular flexibility index (Phi) is 7.03. The molecule has 1 saturated heterocycles. The number of aliphatic imine (C=N–C) groups is 1. The molecule has 0 bridgehead atoms. The molecular weight excluding hydrogens is 392 g/mol. The van der Waals surface area contributed by atoms with Crippen molar-refractivity contribution in [3.05, 3.63) is 71.6 Å². The second-order valence-electron chi connectivity index (χ2n) is 7.37. The van der Waals surface area contributed by atoms with Crippen LogP contribution in [-0.4, -0.2) is 59.7 Å².